The van der Waals surface area contributed by atoms with Gasteiger partial charge in [-0.2, -0.15) is 0 Å². The van der Waals surface area contributed by atoms with E-state index in [1.54, 1.807) is 18.3 Å². The molecule has 0 aliphatic rings. The molecular weight excluding hydrogens is 372 g/mol. The Bertz CT molecular complexity index is 1110. The second-order valence-electron chi connectivity index (χ2n) is 6.60. The predicted octanol–water partition coefficient (Wildman–Crippen LogP) is 5.36. The highest BCUT2D eigenvalue weighted by atomic mass is 32.1. The van der Waals surface area contributed by atoms with Gasteiger partial charge in [-0.3, -0.25) is 9.69 Å². The first-order valence-electron chi connectivity index (χ1n) is 8.92. The molecular formula is C22H20N2O3S. The number of amides is 1. The van der Waals surface area contributed by atoms with Crippen LogP contribution in [0.15, 0.2) is 59.2 Å². The lowest BCUT2D eigenvalue weighted by molar-refractivity contribution is 0.0983. The Morgan fingerprint density at radius 3 is 2.61 bits per heavy atom. The number of hydrogen-bond acceptors (Lipinski definition) is 5. The molecule has 0 fully saturated rings. The predicted molar refractivity (Wildman–Crippen MR) is 111 cm³/mol. The van der Waals surface area contributed by atoms with E-state index >= 15 is 0 Å². The summed E-state index contributed by atoms with van der Waals surface area (Å²) in [5.74, 6) is 1.28. The van der Waals surface area contributed by atoms with Crippen molar-refractivity contribution >= 4 is 32.6 Å². The highest BCUT2D eigenvalue weighted by Crippen LogP contribution is 2.37. The number of carbonyl (C=O) groups is 1. The number of furan rings is 1. The number of aryl methyl sites for hydroxylation is 2. The smallest absolute Gasteiger partial charge is 0.260 e. The molecule has 0 aliphatic heterocycles. The molecule has 0 unspecified atom stereocenters. The second kappa shape index (κ2) is 7.48. The number of ether oxygens (including phenoxy) is 1. The third-order valence-corrected chi connectivity index (χ3v) is 5.79. The van der Waals surface area contributed by atoms with Gasteiger partial charge >= 0.3 is 0 Å². The topological polar surface area (TPSA) is 55.6 Å². The van der Waals surface area contributed by atoms with Crippen molar-refractivity contribution in [2.24, 2.45) is 0 Å². The van der Waals surface area contributed by atoms with E-state index in [2.05, 4.69) is 0 Å². The molecule has 0 saturated carbocycles. The summed E-state index contributed by atoms with van der Waals surface area (Å²) in [6.45, 7) is 4.33. The summed E-state index contributed by atoms with van der Waals surface area (Å²) in [7, 11) is 1.63. The average molecular weight is 392 g/mol. The Labute approximate surface area is 167 Å². The van der Waals surface area contributed by atoms with Crippen LogP contribution in [0.2, 0.25) is 0 Å². The molecule has 0 radical (unpaired) electrons. The Kier molecular flexibility index (Phi) is 4.88. The minimum absolute atomic E-state index is 0.118. The van der Waals surface area contributed by atoms with Crippen LogP contribution in [0.4, 0.5) is 5.13 Å². The first kappa shape index (κ1) is 18.3. The maximum atomic E-state index is 13.3. The van der Waals surface area contributed by atoms with Crippen LogP contribution in [0, 0.1) is 13.8 Å². The lowest BCUT2D eigenvalue weighted by atomic mass is 10.1. The zero-order valence-electron chi connectivity index (χ0n) is 15.9. The molecule has 4 aromatic rings. The maximum Gasteiger partial charge on any atom is 0.260 e. The quantitative estimate of drug-likeness (QED) is 0.459. The van der Waals surface area contributed by atoms with Crippen LogP contribution in [-0.4, -0.2) is 18.0 Å². The van der Waals surface area contributed by atoms with E-state index in [1.807, 2.05) is 62.4 Å². The van der Waals surface area contributed by atoms with E-state index in [0.717, 1.165) is 21.3 Å². The van der Waals surface area contributed by atoms with Crippen LogP contribution < -0.4 is 9.64 Å². The Balaban J connectivity index is 1.81. The fourth-order valence-electron chi connectivity index (χ4n) is 3.02. The first-order chi connectivity index (χ1) is 13.6. The van der Waals surface area contributed by atoms with Crippen molar-refractivity contribution < 1.29 is 13.9 Å². The van der Waals surface area contributed by atoms with Crippen molar-refractivity contribution in [1.29, 1.82) is 0 Å². The molecule has 0 saturated heterocycles. The molecule has 0 N–H and O–H groups in total. The van der Waals surface area contributed by atoms with E-state index in [0.29, 0.717) is 28.7 Å². The molecule has 2 aromatic carbocycles. The number of carbonyl (C=O) groups excluding carboxylic acids is 1. The number of hydrogen-bond donors (Lipinski definition) is 0. The van der Waals surface area contributed by atoms with Crippen molar-refractivity contribution in [3.05, 3.63) is 77.2 Å². The second-order valence-corrected chi connectivity index (χ2v) is 7.57. The van der Waals surface area contributed by atoms with Gasteiger partial charge in [-0.1, -0.05) is 35.1 Å². The van der Waals surface area contributed by atoms with Gasteiger partial charge in [-0.15, -0.1) is 0 Å². The first-order valence-corrected chi connectivity index (χ1v) is 9.73. The molecule has 0 atom stereocenters. The van der Waals surface area contributed by atoms with Crippen molar-refractivity contribution in [1.82, 2.24) is 4.98 Å². The normalized spacial score (nSPS) is 11.0. The van der Waals surface area contributed by atoms with Crippen molar-refractivity contribution in [3.63, 3.8) is 0 Å². The highest BCUT2D eigenvalue weighted by Gasteiger charge is 2.24. The average Bonchev–Trinajstić information content (AvgIpc) is 3.37. The van der Waals surface area contributed by atoms with E-state index in [4.69, 9.17) is 14.1 Å². The lowest BCUT2D eigenvalue weighted by Crippen LogP contribution is -2.30. The fourth-order valence-corrected chi connectivity index (χ4v) is 4.06. The SMILES string of the molecule is COc1ccc(C)c2sc(N(Cc3ccco3)C(=O)c3ccc(C)cc3)nc12. The molecule has 0 spiro atoms. The standard InChI is InChI=1S/C22H20N2O3S/c1-14-6-9-16(10-7-14)21(25)24(13-17-5-4-12-27-17)22-23-19-18(26-3)11-8-15(2)20(19)28-22/h4-12H,13H2,1-3H3. The molecule has 0 bridgehead atoms. The highest BCUT2D eigenvalue weighted by molar-refractivity contribution is 7.22. The molecule has 28 heavy (non-hydrogen) atoms. The third-order valence-electron chi connectivity index (χ3n) is 4.58. The molecule has 1 amide bonds. The Morgan fingerprint density at radius 2 is 1.93 bits per heavy atom. The number of anilines is 1. The number of benzene rings is 2. The van der Waals surface area contributed by atoms with Crippen LogP contribution in [0.5, 0.6) is 5.75 Å². The molecule has 4 rings (SSSR count). The van der Waals surface area contributed by atoms with E-state index < -0.39 is 0 Å². The number of thiazole rings is 1. The minimum Gasteiger partial charge on any atom is -0.494 e. The van der Waals surface area contributed by atoms with Crippen molar-refractivity contribution in [3.8, 4) is 5.75 Å². The minimum atomic E-state index is -0.118. The molecule has 2 aromatic heterocycles. The molecule has 0 aliphatic carbocycles. The van der Waals surface area contributed by atoms with Gasteiger partial charge in [-0.05, 0) is 49.7 Å². The van der Waals surface area contributed by atoms with E-state index in [9.17, 15) is 4.79 Å². The fraction of sp³-hybridized carbons (Fsp3) is 0.182. The molecule has 6 heteroatoms. The van der Waals surface area contributed by atoms with Gasteiger partial charge in [0.25, 0.3) is 5.91 Å². The number of aromatic nitrogens is 1. The van der Waals surface area contributed by atoms with Gasteiger partial charge in [0.15, 0.2) is 5.13 Å². The van der Waals surface area contributed by atoms with Crippen LogP contribution >= 0.6 is 11.3 Å². The van der Waals surface area contributed by atoms with Crippen LogP contribution in [0.3, 0.4) is 0 Å². The van der Waals surface area contributed by atoms with Crippen LogP contribution in [0.1, 0.15) is 27.2 Å². The van der Waals surface area contributed by atoms with Crippen LogP contribution in [0.25, 0.3) is 10.2 Å². The molecule has 5 nitrogen and oxygen atoms in total. The lowest BCUT2D eigenvalue weighted by Gasteiger charge is -2.19. The molecule has 2 heterocycles. The van der Waals surface area contributed by atoms with Gasteiger partial charge in [0.1, 0.15) is 17.0 Å². The summed E-state index contributed by atoms with van der Waals surface area (Å²) in [5.41, 5.74) is 3.58. The van der Waals surface area contributed by atoms with Gasteiger partial charge < -0.3 is 9.15 Å². The van der Waals surface area contributed by atoms with Gasteiger partial charge in [0, 0.05) is 5.56 Å². The van der Waals surface area contributed by atoms with Crippen LogP contribution in [-0.2, 0) is 6.54 Å². The largest absolute Gasteiger partial charge is 0.494 e. The van der Waals surface area contributed by atoms with Gasteiger partial charge in [0.05, 0.1) is 24.6 Å². The number of methoxy groups -OCH3 is 1. The van der Waals surface area contributed by atoms with E-state index in [-0.39, 0.29) is 5.91 Å². The maximum absolute atomic E-state index is 13.3. The summed E-state index contributed by atoms with van der Waals surface area (Å²) < 4.78 is 12.0. The third kappa shape index (κ3) is 3.39. The van der Waals surface area contributed by atoms with Crippen molar-refractivity contribution in [2.75, 3.05) is 12.0 Å². The Hall–Kier alpha value is -3.12. The van der Waals surface area contributed by atoms with E-state index in [1.165, 1.54) is 11.3 Å². The van der Waals surface area contributed by atoms with Gasteiger partial charge in [-0.25, -0.2) is 4.98 Å². The Morgan fingerprint density at radius 1 is 1.14 bits per heavy atom. The summed E-state index contributed by atoms with van der Waals surface area (Å²) in [4.78, 5) is 19.7. The summed E-state index contributed by atoms with van der Waals surface area (Å²) >= 11 is 1.48. The summed E-state index contributed by atoms with van der Waals surface area (Å²) in [6, 6.07) is 15.1. The molecule has 142 valence electrons. The zero-order valence-corrected chi connectivity index (χ0v) is 16.7. The van der Waals surface area contributed by atoms with Gasteiger partial charge in [0.2, 0.25) is 0 Å². The summed E-state index contributed by atoms with van der Waals surface area (Å²) in [5, 5.41) is 0.615. The number of nitrogens with zero attached hydrogens (tertiary/aromatic N) is 2. The number of rotatable bonds is 5. The van der Waals surface area contributed by atoms with Crippen molar-refractivity contribution in [2.45, 2.75) is 20.4 Å². The summed E-state index contributed by atoms with van der Waals surface area (Å²) in [6.07, 6.45) is 1.61. The number of fused-ring (bicyclic) bond motifs is 1. The zero-order chi connectivity index (χ0) is 19.7. The monoisotopic (exact) mass is 392 g/mol.